The third-order valence-electron chi connectivity index (χ3n) is 2.74. The molecular formula is C14H12ClN3O. The summed E-state index contributed by atoms with van der Waals surface area (Å²) in [5, 5.41) is 3.90. The van der Waals surface area contributed by atoms with Gasteiger partial charge in [0.25, 0.3) is 0 Å². The number of rotatable bonds is 1. The third-order valence-corrected chi connectivity index (χ3v) is 2.99. The molecular weight excluding hydrogens is 262 g/mol. The van der Waals surface area contributed by atoms with E-state index in [-0.39, 0.29) is 0 Å². The number of amidine groups is 1. The van der Waals surface area contributed by atoms with Crippen molar-refractivity contribution >= 4 is 34.5 Å². The van der Waals surface area contributed by atoms with Crippen LogP contribution in [0, 0.1) is 0 Å². The number of nitrogens with zero attached hydrogens (tertiary/aromatic N) is 1. The zero-order chi connectivity index (χ0) is 13.2. The molecule has 0 aliphatic carbocycles. The maximum Gasteiger partial charge on any atom is 0.147 e. The lowest BCUT2D eigenvalue weighted by Crippen LogP contribution is -2.23. The van der Waals surface area contributed by atoms with Crippen molar-refractivity contribution in [1.82, 2.24) is 0 Å². The number of nitrogens with two attached hydrogens (primary N) is 1. The van der Waals surface area contributed by atoms with E-state index in [0.717, 1.165) is 17.2 Å². The summed E-state index contributed by atoms with van der Waals surface area (Å²) < 4.78 is 5.61. The Kier molecular flexibility index (Phi) is 3.01. The molecule has 3 rings (SSSR count). The van der Waals surface area contributed by atoms with E-state index < -0.39 is 0 Å². The summed E-state index contributed by atoms with van der Waals surface area (Å²) in [4.78, 5) is 4.50. The number of hydrogen-bond donors (Lipinski definition) is 2. The van der Waals surface area contributed by atoms with Crippen LogP contribution in [-0.4, -0.2) is 12.4 Å². The van der Waals surface area contributed by atoms with Gasteiger partial charge in [-0.15, -0.1) is 0 Å². The molecule has 96 valence electrons. The Morgan fingerprint density at radius 3 is 2.74 bits per heavy atom. The minimum atomic E-state index is 0.388. The summed E-state index contributed by atoms with van der Waals surface area (Å²) in [6.07, 6.45) is 0. The number of fused-ring (bicyclic) bond motifs is 1. The lowest BCUT2D eigenvalue weighted by molar-refractivity contribution is 0.372. The highest BCUT2D eigenvalue weighted by atomic mass is 35.5. The smallest absolute Gasteiger partial charge is 0.147 e. The largest absolute Gasteiger partial charge is 0.483 e. The van der Waals surface area contributed by atoms with Crippen LogP contribution in [0.5, 0.6) is 5.75 Å². The Balaban J connectivity index is 1.83. The van der Waals surface area contributed by atoms with Crippen LogP contribution < -0.4 is 15.8 Å². The number of aliphatic imine (C=N–C) groups is 1. The topological polar surface area (TPSA) is 59.6 Å². The molecule has 3 N–H and O–H groups in total. The minimum absolute atomic E-state index is 0.388. The van der Waals surface area contributed by atoms with Crippen LogP contribution in [0.2, 0.25) is 5.02 Å². The molecule has 0 radical (unpaired) electrons. The molecule has 4 nitrogen and oxygen atoms in total. The van der Waals surface area contributed by atoms with Crippen molar-refractivity contribution in [2.75, 3.05) is 17.7 Å². The van der Waals surface area contributed by atoms with Crippen molar-refractivity contribution in [1.29, 1.82) is 0 Å². The highest BCUT2D eigenvalue weighted by Crippen LogP contribution is 2.32. The van der Waals surface area contributed by atoms with E-state index in [9.17, 15) is 0 Å². The molecule has 0 bridgehead atoms. The van der Waals surface area contributed by atoms with Crippen LogP contribution in [0.1, 0.15) is 0 Å². The van der Waals surface area contributed by atoms with Gasteiger partial charge in [0.05, 0.1) is 0 Å². The van der Waals surface area contributed by atoms with E-state index in [4.69, 9.17) is 22.1 Å². The molecule has 1 heterocycles. The fraction of sp³-hybridized carbons (Fsp3) is 0.0714. The van der Waals surface area contributed by atoms with Crippen LogP contribution in [0.4, 0.5) is 17.1 Å². The predicted molar refractivity (Wildman–Crippen MR) is 78.5 cm³/mol. The van der Waals surface area contributed by atoms with Crippen molar-refractivity contribution in [3.8, 4) is 5.75 Å². The van der Waals surface area contributed by atoms with Gasteiger partial charge in [-0.3, -0.25) is 0 Å². The van der Waals surface area contributed by atoms with Crippen molar-refractivity contribution in [3.05, 3.63) is 47.5 Å². The monoisotopic (exact) mass is 273 g/mol. The van der Waals surface area contributed by atoms with Crippen LogP contribution in [0.15, 0.2) is 47.5 Å². The quantitative estimate of drug-likeness (QED) is 0.782. The third kappa shape index (κ3) is 2.63. The Hall–Kier alpha value is -2.20. The number of nitrogens with one attached hydrogen (secondary N) is 1. The maximum absolute atomic E-state index is 5.84. The average Bonchev–Trinajstić information content (AvgIpc) is 2.42. The number of nitrogen functional groups attached to an aromatic ring is 1. The predicted octanol–water partition coefficient (Wildman–Crippen LogP) is 3.46. The summed E-state index contributed by atoms with van der Waals surface area (Å²) in [7, 11) is 0. The van der Waals surface area contributed by atoms with Gasteiger partial charge in [0.1, 0.15) is 23.9 Å². The molecule has 1 aliphatic heterocycles. The summed E-state index contributed by atoms with van der Waals surface area (Å²) in [6.45, 7) is 0.388. The van der Waals surface area contributed by atoms with E-state index >= 15 is 0 Å². The Morgan fingerprint density at radius 1 is 1.16 bits per heavy atom. The maximum atomic E-state index is 5.84. The second kappa shape index (κ2) is 4.82. The van der Waals surface area contributed by atoms with Crippen molar-refractivity contribution in [2.24, 2.45) is 4.99 Å². The van der Waals surface area contributed by atoms with Crippen molar-refractivity contribution in [2.45, 2.75) is 0 Å². The van der Waals surface area contributed by atoms with Gasteiger partial charge < -0.3 is 15.8 Å². The normalized spacial score (nSPS) is 13.2. The number of ether oxygens (including phenoxy) is 1. The number of hydrogen-bond acceptors (Lipinski definition) is 4. The zero-order valence-corrected chi connectivity index (χ0v) is 10.8. The molecule has 1 aliphatic rings. The van der Waals surface area contributed by atoms with E-state index in [0.29, 0.717) is 23.1 Å². The SMILES string of the molecule is Nc1ccc2c(c1)OCC(Nc1ccc(Cl)cc1)=N2. The van der Waals surface area contributed by atoms with Gasteiger partial charge in [-0.2, -0.15) is 0 Å². The van der Waals surface area contributed by atoms with Crippen molar-refractivity contribution < 1.29 is 4.74 Å². The van der Waals surface area contributed by atoms with Crippen LogP contribution >= 0.6 is 11.6 Å². The summed E-state index contributed by atoms with van der Waals surface area (Å²) in [5.74, 6) is 1.46. The van der Waals surface area contributed by atoms with Gasteiger partial charge in [-0.1, -0.05) is 11.6 Å². The zero-order valence-electron chi connectivity index (χ0n) is 10.1. The molecule has 2 aromatic carbocycles. The first-order chi connectivity index (χ1) is 9.20. The molecule has 0 amide bonds. The van der Waals surface area contributed by atoms with Gasteiger partial charge in [0.15, 0.2) is 0 Å². The van der Waals surface area contributed by atoms with Crippen LogP contribution in [0.3, 0.4) is 0 Å². The molecule has 0 unspecified atom stereocenters. The first-order valence-electron chi connectivity index (χ1n) is 5.83. The lowest BCUT2D eigenvalue weighted by atomic mass is 10.2. The molecule has 2 aromatic rings. The molecule has 0 saturated carbocycles. The van der Waals surface area contributed by atoms with E-state index in [2.05, 4.69) is 10.3 Å². The molecule has 0 aromatic heterocycles. The standard InChI is InChI=1S/C14H12ClN3O/c15-9-1-4-11(5-2-9)17-14-8-19-13-7-10(16)3-6-12(13)18-14/h1-7H,8,16H2,(H,17,18). The fourth-order valence-corrected chi connectivity index (χ4v) is 1.95. The molecule has 0 atom stereocenters. The average molecular weight is 274 g/mol. The Morgan fingerprint density at radius 2 is 1.95 bits per heavy atom. The van der Waals surface area contributed by atoms with Gasteiger partial charge in [0.2, 0.25) is 0 Å². The van der Waals surface area contributed by atoms with Gasteiger partial charge in [-0.25, -0.2) is 4.99 Å². The van der Waals surface area contributed by atoms with Gasteiger partial charge in [0, 0.05) is 22.5 Å². The Bertz CT molecular complexity index is 638. The second-order valence-corrected chi connectivity index (χ2v) is 4.64. The summed E-state index contributed by atoms with van der Waals surface area (Å²) in [6, 6.07) is 12.8. The number of benzene rings is 2. The molecule has 5 heteroatoms. The number of anilines is 2. The van der Waals surface area contributed by atoms with Gasteiger partial charge >= 0.3 is 0 Å². The summed E-state index contributed by atoms with van der Waals surface area (Å²) in [5.41, 5.74) is 8.06. The van der Waals surface area contributed by atoms with E-state index in [1.165, 1.54) is 0 Å². The first-order valence-corrected chi connectivity index (χ1v) is 6.21. The fourth-order valence-electron chi connectivity index (χ4n) is 1.83. The van der Waals surface area contributed by atoms with Crippen molar-refractivity contribution in [3.63, 3.8) is 0 Å². The lowest BCUT2D eigenvalue weighted by Gasteiger charge is -2.18. The van der Waals surface area contributed by atoms with E-state index in [1.807, 2.05) is 30.3 Å². The second-order valence-electron chi connectivity index (χ2n) is 4.21. The molecule has 0 spiro atoms. The highest BCUT2D eigenvalue weighted by Gasteiger charge is 2.13. The van der Waals surface area contributed by atoms with Crippen LogP contribution in [-0.2, 0) is 0 Å². The van der Waals surface area contributed by atoms with E-state index in [1.54, 1.807) is 12.1 Å². The Labute approximate surface area is 115 Å². The first kappa shape index (κ1) is 11.9. The molecule has 0 saturated heterocycles. The summed E-state index contributed by atoms with van der Waals surface area (Å²) >= 11 is 5.84. The highest BCUT2D eigenvalue weighted by molar-refractivity contribution is 6.30. The number of halogens is 1. The minimum Gasteiger partial charge on any atom is -0.483 e. The molecule has 19 heavy (non-hydrogen) atoms. The molecule has 0 fully saturated rings. The van der Waals surface area contributed by atoms with Gasteiger partial charge in [-0.05, 0) is 36.4 Å². The van der Waals surface area contributed by atoms with Crippen LogP contribution in [0.25, 0.3) is 0 Å².